The van der Waals surface area contributed by atoms with Crippen molar-refractivity contribution in [3.8, 4) is 22.8 Å². The Labute approximate surface area is 243 Å². The lowest BCUT2D eigenvalue weighted by atomic mass is 9.85. The summed E-state index contributed by atoms with van der Waals surface area (Å²) in [6.07, 6.45) is 1.88. The van der Waals surface area contributed by atoms with Crippen LogP contribution in [0.3, 0.4) is 0 Å². The Kier molecular flexibility index (Phi) is 5.35. The van der Waals surface area contributed by atoms with Gasteiger partial charge in [0.2, 0.25) is 0 Å². The van der Waals surface area contributed by atoms with Gasteiger partial charge in [0.05, 0.1) is 22.2 Å². The van der Waals surface area contributed by atoms with Gasteiger partial charge in [-0.1, -0.05) is 75.4 Å². The summed E-state index contributed by atoms with van der Waals surface area (Å²) in [6.45, 7) is 6.69. The van der Waals surface area contributed by atoms with Crippen LogP contribution in [-0.4, -0.2) is 14.4 Å². The van der Waals surface area contributed by atoms with Gasteiger partial charge in [-0.05, 0) is 82.4 Å². The molecule has 42 heavy (non-hydrogen) atoms. The standard InChI is InChI=1S/C38H29N3O/c1-38(2,3)26-20-25(36-29-11-5-4-10-24(29)18-19-39-36)21-28(22-26)42-27-16-17-30-31-12-6-8-14-34(31)41-35-15-9-7-13-33(35)40-37(41)32(30)23-27/h4-23H,1-3H3. The second-order valence-electron chi connectivity index (χ2n) is 12.0. The molecule has 0 amide bonds. The summed E-state index contributed by atoms with van der Waals surface area (Å²) >= 11 is 0. The predicted molar refractivity (Wildman–Crippen MR) is 174 cm³/mol. The predicted octanol–water partition coefficient (Wildman–Crippen LogP) is 10.1. The number of para-hydroxylation sites is 3. The molecule has 0 bridgehead atoms. The Balaban J connectivity index is 1.32. The van der Waals surface area contributed by atoms with E-state index in [9.17, 15) is 0 Å². The Morgan fingerprint density at radius 2 is 1.38 bits per heavy atom. The van der Waals surface area contributed by atoms with Crippen molar-refractivity contribution < 1.29 is 4.74 Å². The highest BCUT2D eigenvalue weighted by molar-refractivity contribution is 6.14. The fourth-order valence-electron chi connectivity index (χ4n) is 6.07. The van der Waals surface area contributed by atoms with Crippen LogP contribution in [0.2, 0.25) is 0 Å². The van der Waals surface area contributed by atoms with E-state index in [2.05, 4.69) is 134 Å². The van der Waals surface area contributed by atoms with E-state index in [1.165, 1.54) is 16.3 Å². The SMILES string of the molecule is CC(C)(C)c1cc(Oc2ccc3c4ccccc4n4c5ccccc5nc4c3c2)cc(-c2nccc3ccccc23)c1. The van der Waals surface area contributed by atoms with Gasteiger partial charge in [0, 0.05) is 27.9 Å². The molecule has 0 radical (unpaired) electrons. The average Bonchev–Trinajstić information content (AvgIpc) is 3.40. The molecule has 8 rings (SSSR count). The summed E-state index contributed by atoms with van der Waals surface area (Å²) in [5.41, 5.74) is 7.28. The van der Waals surface area contributed by atoms with E-state index in [-0.39, 0.29) is 5.41 Å². The molecule has 0 aliphatic carbocycles. The zero-order valence-corrected chi connectivity index (χ0v) is 23.8. The third kappa shape index (κ3) is 3.91. The van der Waals surface area contributed by atoms with Crippen molar-refractivity contribution in [3.63, 3.8) is 0 Å². The summed E-state index contributed by atoms with van der Waals surface area (Å²) in [5, 5.41) is 5.70. The van der Waals surface area contributed by atoms with Crippen LogP contribution < -0.4 is 4.74 Å². The van der Waals surface area contributed by atoms with Crippen molar-refractivity contribution in [2.45, 2.75) is 26.2 Å². The van der Waals surface area contributed by atoms with Gasteiger partial charge < -0.3 is 4.74 Å². The molecule has 4 heteroatoms. The minimum Gasteiger partial charge on any atom is -0.457 e. The summed E-state index contributed by atoms with van der Waals surface area (Å²) < 4.78 is 8.93. The molecule has 0 saturated carbocycles. The van der Waals surface area contributed by atoms with E-state index in [1.54, 1.807) is 0 Å². The number of rotatable bonds is 3. The van der Waals surface area contributed by atoms with Crippen LogP contribution >= 0.6 is 0 Å². The fourth-order valence-corrected chi connectivity index (χ4v) is 6.07. The number of fused-ring (bicyclic) bond motifs is 9. The molecule has 0 spiro atoms. The largest absolute Gasteiger partial charge is 0.457 e. The minimum atomic E-state index is -0.0663. The zero-order chi connectivity index (χ0) is 28.4. The van der Waals surface area contributed by atoms with Gasteiger partial charge in [-0.3, -0.25) is 9.38 Å². The maximum Gasteiger partial charge on any atom is 0.146 e. The number of ether oxygens (including phenoxy) is 1. The van der Waals surface area contributed by atoms with Crippen LogP contribution in [0.1, 0.15) is 26.3 Å². The molecule has 3 aromatic heterocycles. The number of pyridine rings is 2. The Bertz CT molecular complexity index is 2320. The van der Waals surface area contributed by atoms with Crippen molar-refractivity contribution >= 4 is 49.1 Å². The highest BCUT2D eigenvalue weighted by atomic mass is 16.5. The molecule has 5 aromatic carbocycles. The smallest absolute Gasteiger partial charge is 0.146 e. The molecular weight excluding hydrogens is 514 g/mol. The summed E-state index contributed by atoms with van der Waals surface area (Å²) in [7, 11) is 0. The molecule has 4 nitrogen and oxygen atoms in total. The molecule has 0 aliphatic rings. The number of imidazole rings is 1. The molecule has 0 saturated heterocycles. The van der Waals surface area contributed by atoms with Crippen LogP contribution in [0, 0.1) is 0 Å². The van der Waals surface area contributed by atoms with Gasteiger partial charge in [-0.25, -0.2) is 4.98 Å². The third-order valence-electron chi connectivity index (χ3n) is 8.18. The quantitative estimate of drug-likeness (QED) is 0.208. The number of hydrogen-bond acceptors (Lipinski definition) is 3. The van der Waals surface area contributed by atoms with Crippen LogP contribution in [0.5, 0.6) is 11.5 Å². The molecule has 202 valence electrons. The van der Waals surface area contributed by atoms with E-state index in [0.29, 0.717) is 0 Å². The zero-order valence-electron chi connectivity index (χ0n) is 23.8. The Hall–Kier alpha value is -5.22. The molecule has 0 unspecified atom stereocenters. The number of benzene rings is 5. The third-order valence-corrected chi connectivity index (χ3v) is 8.18. The van der Waals surface area contributed by atoms with Crippen molar-refractivity contribution in [1.82, 2.24) is 14.4 Å². The van der Waals surface area contributed by atoms with Crippen molar-refractivity contribution in [2.24, 2.45) is 0 Å². The minimum absolute atomic E-state index is 0.0663. The van der Waals surface area contributed by atoms with Crippen LogP contribution in [0.25, 0.3) is 60.4 Å². The lowest BCUT2D eigenvalue weighted by Gasteiger charge is -2.22. The molecular formula is C38H29N3O. The number of nitrogens with zero attached hydrogens (tertiary/aromatic N) is 3. The highest BCUT2D eigenvalue weighted by Gasteiger charge is 2.19. The van der Waals surface area contributed by atoms with Gasteiger partial charge in [-0.15, -0.1) is 0 Å². The molecule has 8 aromatic rings. The first kappa shape index (κ1) is 24.6. The van der Waals surface area contributed by atoms with E-state index in [0.717, 1.165) is 61.1 Å². The van der Waals surface area contributed by atoms with Gasteiger partial charge in [0.1, 0.15) is 17.1 Å². The maximum atomic E-state index is 6.67. The average molecular weight is 544 g/mol. The lowest BCUT2D eigenvalue weighted by Crippen LogP contribution is -2.11. The van der Waals surface area contributed by atoms with E-state index < -0.39 is 0 Å². The van der Waals surface area contributed by atoms with E-state index >= 15 is 0 Å². The van der Waals surface area contributed by atoms with Crippen LogP contribution in [-0.2, 0) is 5.41 Å². The van der Waals surface area contributed by atoms with E-state index in [1.807, 2.05) is 12.3 Å². The highest BCUT2D eigenvalue weighted by Crippen LogP contribution is 2.38. The Morgan fingerprint density at radius 3 is 2.24 bits per heavy atom. The van der Waals surface area contributed by atoms with Crippen molar-refractivity contribution in [2.75, 3.05) is 0 Å². The van der Waals surface area contributed by atoms with Gasteiger partial charge in [-0.2, -0.15) is 0 Å². The summed E-state index contributed by atoms with van der Waals surface area (Å²) in [5.74, 6) is 1.56. The first-order chi connectivity index (χ1) is 20.4. The molecule has 0 fully saturated rings. The van der Waals surface area contributed by atoms with E-state index in [4.69, 9.17) is 14.7 Å². The first-order valence-electron chi connectivity index (χ1n) is 14.3. The van der Waals surface area contributed by atoms with Crippen molar-refractivity contribution in [3.05, 3.63) is 127 Å². The molecule has 3 heterocycles. The topological polar surface area (TPSA) is 39.4 Å². The second kappa shape index (κ2) is 9.15. The van der Waals surface area contributed by atoms with Crippen LogP contribution in [0.4, 0.5) is 0 Å². The van der Waals surface area contributed by atoms with Crippen LogP contribution in [0.15, 0.2) is 121 Å². The van der Waals surface area contributed by atoms with Crippen molar-refractivity contribution in [1.29, 1.82) is 0 Å². The lowest BCUT2D eigenvalue weighted by molar-refractivity contribution is 0.479. The molecule has 0 aliphatic heterocycles. The first-order valence-corrected chi connectivity index (χ1v) is 14.3. The normalized spacial score (nSPS) is 12.2. The van der Waals surface area contributed by atoms with Gasteiger partial charge in [0.25, 0.3) is 0 Å². The summed E-state index contributed by atoms with van der Waals surface area (Å²) in [4.78, 5) is 9.88. The second-order valence-corrected chi connectivity index (χ2v) is 12.0. The molecule has 0 N–H and O–H groups in total. The Morgan fingerprint density at radius 1 is 0.619 bits per heavy atom. The maximum absolute atomic E-state index is 6.67. The molecule has 0 atom stereocenters. The number of aromatic nitrogens is 3. The summed E-state index contributed by atoms with van der Waals surface area (Å²) in [6, 6.07) is 40.2. The van der Waals surface area contributed by atoms with Gasteiger partial charge >= 0.3 is 0 Å². The monoisotopic (exact) mass is 543 g/mol. The number of hydrogen-bond donors (Lipinski definition) is 0. The van der Waals surface area contributed by atoms with Gasteiger partial charge in [0.15, 0.2) is 0 Å². The fraction of sp³-hybridized carbons (Fsp3) is 0.105.